The summed E-state index contributed by atoms with van der Waals surface area (Å²) in [6, 6.07) is 14.3. The molecule has 2 fully saturated rings. The largest absolute Gasteiger partial charge is 0.349 e. The van der Waals surface area contributed by atoms with Crippen LogP contribution in [-0.2, 0) is 11.3 Å². The Morgan fingerprint density at radius 2 is 1.96 bits per heavy atom. The predicted molar refractivity (Wildman–Crippen MR) is 97.1 cm³/mol. The maximum absolute atomic E-state index is 12.3. The minimum Gasteiger partial charge on any atom is -0.349 e. The Balaban J connectivity index is 1.36. The molecule has 25 heavy (non-hydrogen) atoms. The molecular formula is C20H23N3O2. The SMILES string of the molecule is O=C1CCC(NC(=O)NCc2ccc3ccccc3c2)C2(CCC2)N1. The molecule has 1 aliphatic carbocycles. The van der Waals surface area contributed by atoms with Crippen LogP contribution in [-0.4, -0.2) is 23.5 Å². The summed E-state index contributed by atoms with van der Waals surface area (Å²) in [5, 5.41) is 11.5. The Labute approximate surface area is 147 Å². The highest BCUT2D eigenvalue weighted by atomic mass is 16.2. The van der Waals surface area contributed by atoms with Crippen LogP contribution in [0.25, 0.3) is 10.8 Å². The minimum absolute atomic E-state index is 0.0237. The van der Waals surface area contributed by atoms with Crippen molar-refractivity contribution in [1.29, 1.82) is 0 Å². The fourth-order valence-electron chi connectivity index (χ4n) is 3.96. The minimum atomic E-state index is -0.213. The first-order valence-electron chi connectivity index (χ1n) is 8.98. The number of nitrogens with one attached hydrogen (secondary N) is 3. The van der Waals surface area contributed by atoms with Crippen molar-refractivity contribution in [2.24, 2.45) is 0 Å². The fourth-order valence-corrected chi connectivity index (χ4v) is 3.96. The topological polar surface area (TPSA) is 70.2 Å². The van der Waals surface area contributed by atoms with Gasteiger partial charge in [0.2, 0.25) is 5.91 Å². The molecule has 1 heterocycles. The second-order valence-corrected chi connectivity index (χ2v) is 7.16. The molecule has 5 heteroatoms. The molecule has 2 aliphatic rings. The number of benzene rings is 2. The molecule has 2 aromatic carbocycles. The van der Waals surface area contributed by atoms with E-state index in [9.17, 15) is 9.59 Å². The van der Waals surface area contributed by atoms with Gasteiger partial charge in [0, 0.05) is 13.0 Å². The van der Waals surface area contributed by atoms with Crippen LogP contribution < -0.4 is 16.0 Å². The van der Waals surface area contributed by atoms with Gasteiger partial charge in [0.1, 0.15) is 0 Å². The van der Waals surface area contributed by atoms with Crippen molar-refractivity contribution >= 4 is 22.7 Å². The Kier molecular flexibility index (Phi) is 4.07. The molecule has 0 aromatic heterocycles. The third-order valence-electron chi connectivity index (χ3n) is 5.53. The summed E-state index contributed by atoms with van der Waals surface area (Å²) >= 11 is 0. The molecule has 1 aliphatic heterocycles. The van der Waals surface area contributed by atoms with Gasteiger partial charge in [-0.25, -0.2) is 4.79 Å². The van der Waals surface area contributed by atoms with Crippen molar-refractivity contribution in [1.82, 2.24) is 16.0 Å². The normalized spacial score (nSPS) is 21.4. The van der Waals surface area contributed by atoms with Crippen LogP contribution >= 0.6 is 0 Å². The predicted octanol–water partition coefficient (Wildman–Crippen LogP) is 2.84. The molecule has 1 atom stereocenters. The van der Waals surface area contributed by atoms with Crippen LogP contribution in [0.1, 0.15) is 37.7 Å². The third-order valence-corrected chi connectivity index (χ3v) is 5.53. The first kappa shape index (κ1) is 15.9. The molecular weight excluding hydrogens is 314 g/mol. The monoisotopic (exact) mass is 337 g/mol. The van der Waals surface area contributed by atoms with E-state index in [0.717, 1.165) is 31.2 Å². The highest BCUT2D eigenvalue weighted by molar-refractivity contribution is 5.83. The van der Waals surface area contributed by atoms with Crippen LogP contribution in [0.5, 0.6) is 0 Å². The number of rotatable bonds is 3. The van der Waals surface area contributed by atoms with Gasteiger partial charge in [-0.2, -0.15) is 0 Å². The van der Waals surface area contributed by atoms with Crippen LogP contribution in [0, 0.1) is 0 Å². The number of piperidine rings is 1. The highest BCUT2D eigenvalue weighted by Crippen LogP contribution is 2.38. The van der Waals surface area contributed by atoms with Gasteiger partial charge in [-0.3, -0.25) is 4.79 Å². The molecule has 3 amide bonds. The van der Waals surface area contributed by atoms with Crippen molar-refractivity contribution in [3.8, 4) is 0 Å². The van der Waals surface area contributed by atoms with E-state index in [-0.39, 0.29) is 23.5 Å². The molecule has 130 valence electrons. The van der Waals surface area contributed by atoms with E-state index >= 15 is 0 Å². The van der Waals surface area contributed by atoms with Gasteiger partial charge in [0.25, 0.3) is 0 Å². The van der Waals surface area contributed by atoms with Gasteiger partial charge in [-0.1, -0.05) is 36.4 Å². The Morgan fingerprint density at radius 3 is 2.72 bits per heavy atom. The van der Waals surface area contributed by atoms with E-state index in [1.165, 1.54) is 10.8 Å². The Bertz CT molecular complexity index is 813. The van der Waals surface area contributed by atoms with E-state index in [1.807, 2.05) is 18.2 Å². The van der Waals surface area contributed by atoms with E-state index in [0.29, 0.717) is 13.0 Å². The summed E-state index contributed by atoms with van der Waals surface area (Å²) in [6.07, 6.45) is 4.21. The molecule has 0 radical (unpaired) electrons. The van der Waals surface area contributed by atoms with Crippen LogP contribution in [0.4, 0.5) is 4.79 Å². The zero-order chi connectivity index (χ0) is 17.3. The number of amides is 3. The lowest BCUT2D eigenvalue weighted by Crippen LogP contribution is -2.69. The fraction of sp³-hybridized carbons (Fsp3) is 0.400. The lowest BCUT2D eigenvalue weighted by Gasteiger charge is -2.50. The molecule has 1 saturated heterocycles. The van der Waals surface area contributed by atoms with Crippen LogP contribution in [0.3, 0.4) is 0 Å². The number of carbonyl (C=O) groups excluding carboxylic acids is 2. The van der Waals surface area contributed by atoms with Gasteiger partial charge < -0.3 is 16.0 Å². The quantitative estimate of drug-likeness (QED) is 0.806. The van der Waals surface area contributed by atoms with Gasteiger partial charge in [0.15, 0.2) is 0 Å². The number of urea groups is 1. The van der Waals surface area contributed by atoms with Gasteiger partial charge in [-0.15, -0.1) is 0 Å². The van der Waals surface area contributed by atoms with E-state index in [1.54, 1.807) is 0 Å². The molecule has 4 rings (SSSR count). The average Bonchev–Trinajstić information content (AvgIpc) is 2.60. The summed E-state index contributed by atoms with van der Waals surface area (Å²) in [7, 11) is 0. The molecule has 3 N–H and O–H groups in total. The van der Waals surface area contributed by atoms with Crippen molar-refractivity contribution < 1.29 is 9.59 Å². The van der Waals surface area contributed by atoms with E-state index in [4.69, 9.17) is 0 Å². The first-order valence-corrected chi connectivity index (χ1v) is 8.98. The smallest absolute Gasteiger partial charge is 0.315 e. The standard InChI is InChI=1S/C20H23N3O2/c24-18-9-8-17(20(23-18)10-3-11-20)22-19(25)21-13-14-6-7-15-4-1-2-5-16(15)12-14/h1-2,4-7,12,17H,3,8-11,13H2,(H,23,24)(H2,21,22,25). The highest BCUT2D eigenvalue weighted by Gasteiger charge is 2.48. The summed E-state index contributed by atoms with van der Waals surface area (Å²) in [4.78, 5) is 24.0. The second kappa shape index (κ2) is 6.39. The maximum atomic E-state index is 12.3. The van der Waals surface area contributed by atoms with Crippen molar-refractivity contribution in [2.45, 2.75) is 50.2 Å². The number of hydrogen-bond acceptors (Lipinski definition) is 2. The van der Waals surface area contributed by atoms with Crippen molar-refractivity contribution in [3.63, 3.8) is 0 Å². The maximum Gasteiger partial charge on any atom is 0.315 e. The summed E-state index contributed by atoms with van der Waals surface area (Å²) in [6.45, 7) is 0.489. The molecule has 1 spiro atoms. The van der Waals surface area contributed by atoms with Crippen molar-refractivity contribution in [3.05, 3.63) is 48.0 Å². The Morgan fingerprint density at radius 1 is 1.16 bits per heavy atom. The number of hydrogen-bond donors (Lipinski definition) is 3. The second-order valence-electron chi connectivity index (χ2n) is 7.16. The molecule has 2 aromatic rings. The Hall–Kier alpha value is -2.56. The van der Waals surface area contributed by atoms with Gasteiger partial charge in [0.05, 0.1) is 11.6 Å². The molecule has 1 unspecified atom stereocenters. The zero-order valence-electron chi connectivity index (χ0n) is 14.2. The molecule has 1 saturated carbocycles. The summed E-state index contributed by atoms with van der Waals surface area (Å²) < 4.78 is 0. The van der Waals surface area contributed by atoms with Crippen molar-refractivity contribution in [2.75, 3.05) is 0 Å². The number of carbonyl (C=O) groups is 2. The first-order chi connectivity index (χ1) is 12.1. The van der Waals surface area contributed by atoms with E-state index in [2.05, 4.69) is 40.2 Å². The lowest BCUT2D eigenvalue weighted by molar-refractivity contribution is -0.127. The van der Waals surface area contributed by atoms with Crippen LogP contribution in [0.15, 0.2) is 42.5 Å². The van der Waals surface area contributed by atoms with Gasteiger partial charge >= 0.3 is 6.03 Å². The van der Waals surface area contributed by atoms with E-state index < -0.39 is 0 Å². The van der Waals surface area contributed by atoms with Crippen LogP contribution in [0.2, 0.25) is 0 Å². The molecule has 5 nitrogen and oxygen atoms in total. The third kappa shape index (κ3) is 3.18. The summed E-state index contributed by atoms with van der Waals surface area (Å²) in [5.41, 5.74) is 0.861. The molecule has 0 bridgehead atoms. The summed E-state index contributed by atoms with van der Waals surface area (Å²) in [5.74, 6) is 0.106. The van der Waals surface area contributed by atoms with Gasteiger partial charge in [-0.05, 0) is 48.1 Å². The zero-order valence-corrected chi connectivity index (χ0v) is 14.2. The average molecular weight is 337 g/mol. The number of fused-ring (bicyclic) bond motifs is 1. The lowest BCUT2D eigenvalue weighted by atomic mass is 9.68.